The largest absolute Gasteiger partial charge is 0.394 e. The van der Waals surface area contributed by atoms with Crippen LogP contribution in [0.1, 0.15) is 18.4 Å². The van der Waals surface area contributed by atoms with Crippen LogP contribution in [0.3, 0.4) is 0 Å². The maximum Gasteiger partial charge on any atom is 0.239 e. The smallest absolute Gasteiger partial charge is 0.239 e. The molecule has 4 nitrogen and oxygen atoms in total. The Balaban J connectivity index is 2.16. The zero-order valence-corrected chi connectivity index (χ0v) is 9.32. The molecule has 17 heavy (non-hydrogen) atoms. The van der Waals surface area contributed by atoms with Crippen LogP contribution in [0.5, 0.6) is 0 Å². The summed E-state index contributed by atoms with van der Waals surface area (Å²) >= 11 is 0. The molecule has 0 aromatic heterocycles. The van der Waals surface area contributed by atoms with Gasteiger partial charge in [-0.1, -0.05) is 18.2 Å². The maximum atomic E-state index is 13.6. The van der Waals surface area contributed by atoms with Crippen molar-refractivity contribution in [2.24, 2.45) is 5.73 Å². The molecule has 1 saturated carbocycles. The van der Waals surface area contributed by atoms with Crippen molar-refractivity contribution in [3.63, 3.8) is 0 Å². The number of carbonyl (C=O) groups excluding carboxylic acids is 1. The first kappa shape index (κ1) is 12.0. The van der Waals surface area contributed by atoms with E-state index in [1.54, 1.807) is 18.2 Å². The summed E-state index contributed by atoms with van der Waals surface area (Å²) in [6.07, 6.45) is 1.38. The van der Waals surface area contributed by atoms with E-state index in [1.165, 1.54) is 6.07 Å². The zero-order valence-electron chi connectivity index (χ0n) is 9.32. The molecule has 2 rings (SSSR count). The van der Waals surface area contributed by atoms with Crippen LogP contribution >= 0.6 is 0 Å². The second kappa shape index (κ2) is 4.43. The summed E-state index contributed by atoms with van der Waals surface area (Å²) in [7, 11) is 0. The monoisotopic (exact) mass is 238 g/mol. The molecular formula is C12H15FN2O2. The summed E-state index contributed by atoms with van der Waals surface area (Å²) in [4.78, 5) is 11.6. The molecule has 1 fully saturated rings. The zero-order chi connectivity index (χ0) is 12.5. The van der Waals surface area contributed by atoms with E-state index in [0.717, 1.165) is 0 Å². The van der Waals surface area contributed by atoms with Crippen molar-refractivity contribution in [3.05, 3.63) is 35.6 Å². The summed E-state index contributed by atoms with van der Waals surface area (Å²) < 4.78 is 13.6. The molecule has 1 unspecified atom stereocenters. The van der Waals surface area contributed by atoms with E-state index >= 15 is 0 Å². The van der Waals surface area contributed by atoms with Gasteiger partial charge in [0.15, 0.2) is 0 Å². The van der Waals surface area contributed by atoms with Gasteiger partial charge in [-0.15, -0.1) is 0 Å². The summed E-state index contributed by atoms with van der Waals surface area (Å²) in [5, 5.41) is 11.5. The Bertz CT molecular complexity index is 432. The molecule has 0 heterocycles. The molecule has 4 N–H and O–H groups in total. The van der Waals surface area contributed by atoms with Crippen LogP contribution in [0.15, 0.2) is 24.3 Å². The highest BCUT2D eigenvalue weighted by atomic mass is 19.1. The molecule has 1 aromatic rings. The molecule has 5 heteroatoms. The topological polar surface area (TPSA) is 75.3 Å². The summed E-state index contributed by atoms with van der Waals surface area (Å²) in [6.45, 7) is -0.417. The molecule has 1 amide bonds. The first-order valence-electron chi connectivity index (χ1n) is 5.52. The van der Waals surface area contributed by atoms with Crippen LogP contribution < -0.4 is 11.1 Å². The Kier molecular flexibility index (Phi) is 3.13. The summed E-state index contributed by atoms with van der Waals surface area (Å²) in [6, 6.07) is 5.41. The summed E-state index contributed by atoms with van der Waals surface area (Å²) in [5.41, 5.74) is 5.27. The van der Waals surface area contributed by atoms with Crippen LogP contribution in [0.4, 0.5) is 4.39 Å². The van der Waals surface area contributed by atoms with Gasteiger partial charge < -0.3 is 16.2 Å². The molecule has 1 atom stereocenters. The lowest BCUT2D eigenvalue weighted by molar-refractivity contribution is -0.124. The lowest BCUT2D eigenvalue weighted by Crippen LogP contribution is -2.47. The lowest BCUT2D eigenvalue weighted by atomic mass is 10.0. The molecule has 0 radical (unpaired) electrons. The van der Waals surface area contributed by atoms with Gasteiger partial charge >= 0.3 is 0 Å². The number of halogens is 1. The van der Waals surface area contributed by atoms with Crippen LogP contribution in [0.2, 0.25) is 0 Å². The second-order valence-corrected chi connectivity index (χ2v) is 4.34. The molecule has 0 bridgehead atoms. The van der Waals surface area contributed by atoms with E-state index in [4.69, 9.17) is 10.8 Å². The van der Waals surface area contributed by atoms with Crippen molar-refractivity contribution in [2.45, 2.75) is 24.4 Å². The minimum absolute atomic E-state index is 0.331. The molecule has 0 aliphatic heterocycles. The number of amides is 1. The first-order chi connectivity index (χ1) is 8.09. The molecule has 1 aliphatic carbocycles. The van der Waals surface area contributed by atoms with Gasteiger partial charge in [-0.3, -0.25) is 4.79 Å². The van der Waals surface area contributed by atoms with Crippen molar-refractivity contribution < 1.29 is 14.3 Å². The van der Waals surface area contributed by atoms with Crippen molar-refractivity contribution in [1.29, 1.82) is 0 Å². The highest BCUT2D eigenvalue weighted by Gasteiger charge is 2.47. The van der Waals surface area contributed by atoms with Gasteiger partial charge in [0.05, 0.1) is 12.1 Å². The SMILES string of the molecule is NC(CO)C(=O)NC1(c2ccccc2F)CC1. The molecule has 0 saturated heterocycles. The van der Waals surface area contributed by atoms with Crippen LogP contribution in [-0.2, 0) is 10.3 Å². The number of aliphatic hydroxyl groups excluding tert-OH is 1. The summed E-state index contributed by atoms with van der Waals surface area (Å²) in [5.74, 6) is -0.781. The molecule has 0 spiro atoms. The van der Waals surface area contributed by atoms with E-state index < -0.39 is 24.1 Å². The van der Waals surface area contributed by atoms with Crippen molar-refractivity contribution in [3.8, 4) is 0 Å². The Hall–Kier alpha value is -1.46. The number of rotatable bonds is 4. The number of aliphatic hydroxyl groups is 1. The highest BCUT2D eigenvalue weighted by Crippen LogP contribution is 2.46. The van der Waals surface area contributed by atoms with Crippen molar-refractivity contribution >= 4 is 5.91 Å². The minimum Gasteiger partial charge on any atom is -0.394 e. The van der Waals surface area contributed by atoms with Crippen LogP contribution in [0, 0.1) is 5.82 Å². The number of benzene rings is 1. The van der Waals surface area contributed by atoms with Gasteiger partial charge in [0.1, 0.15) is 11.9 Å². The number of carbonyl (C=O) groups is 1. The van der Waals surface area contributed by atoms with Gasteiger partial charge in [-0.05, 0) is 18.9 Å². The predicted octanol–water partition coefficient (Wildman–Crippen LogP) is 0.251. The Morgan fingerprint density at radius 1 is 1.53 bits per heavy atom. The van der Waals surface area contributed by atoms with Crippen molar-refractivity contribution in [1.82, 2.24) is 5.32 Å². The molecule has 1 aromatic carbocycles. The molecular weight excluding hydrogens is 223 g/mol. The predicted molar refractivity (Wildman–Crippen MR) is 60.5 cm³/mol. The van der Waals surface area contributed by atoms with E-state index in [-0.39, 0.29) is 5.82 Å². The quantitative estimate of drug-likeness (QED) is 0.704. The van der Waals surface area contributed by atoms with Gasteiger partial charge in [-0.2, -0.15) is 0 Å². The first-order valence-corrected chi connectivity index (χ1v) is 5.52. The third-order valence-electron chi connectivity index (χ3n) is 3.04. The highest BCUT2D eigenvalue weighted by molar-refractivity contribution is 5.83. The number of hydrogen-bond acceptors (Lipinski definition) is 3. The molecule has 1 aliphatic rings. The van der Waals surface area contributed by atoms with Gasteiger partial charge in [0.25, 0.3) is 0 Å². The van der Waals surface area contributed by atoms with Gasteiger partial charge in [-0.25, -0.2) is 4.39 Å². The third-order valence-corrected chi connectivity index (χ3v) is 3.04. The van der Waals surface area contributed by atoms with E-state index in [9.17, 15) is 9.18 Å². The standard InChI is InChI=1S/C12H15FN2O2/c13-9-4-2-1-3-8(9)12(5-6-12)15-11(17)10(14)7-16/h1-4,10,16H,5-7,14H2,(H,15,17). The van der Waals surface area contributed by atoms with E-state index in [0.29, 0.717) is 18.4 Å². The number of hydrogen-bond donors (Lipinski definition) is 3. The number of nitrogens with one attached hydrogen (secondary N) is 1. The van der Waals surface area contributed by atoms with E-state index in [1.807, 2.05) is 0 Å². The van der Waals surface area contributed by atoms with Crippen LogP contribution in [0.25, 0.3) is 0 Å². The fraction of sp³-hybridized carbons (Fsp3) is 0.417. The van der Waals surface area contributed by atoms with Crippen LogP contribution in [-0.4, -0.2) is 23.7 Å². The maximum absolute atomic E-state index is 13.6. The average Bonchev–Trinajstić information content (AvgIpc) is 3.09. The Morgan fingerprint density at radius 2 is 2.18 bits per heavy atom. The fourth-order valence-electron chi connectivity index (χ4n) is 1.85. The second-order valence-electron chi connectivity index (χ2n) is 4.34. The van der Waals surface area contributed by atoms with Gasteiger partial charge in [0, 0.05) is 5.56 Å². The third kappa shape index (κ3) is 2.30. The average molecular weight is 238 g/mol. The van der Waals surface area contributed by atoms with Crippen molar-refractivity contribution in [2.75, 3.05) is 6.61 Å². The van der Waals surface area contributed by atoms with Gasteiger partial charge in [0.2, 0.25) is 5.91 Å². The normalized spacial score (nSPS) is 18.5. The fourth-order valence-corrected chi connectivity index (χ4v) is 1.85. The Labute approximate surface area is 98.6 Å². The van der Waals surface area contributed by atoms with E-state index in [2.05, 4.69) is 5.32 Å². The molecule has 92 valence electrons. The Morgan fingerprint density at radius 3 is 2.71 bits per heavy atom. The lowest BCUT2D eigenvalue weighted by Gasteiger charge is -2.20. The number of nitrogens with two attached hydrogens (primary N) is 1. The minimum atomic E-state index is -0.959.